The van der Waals surface area contributed by atoms with Crippen LogP contribution in [-0.2, 0) is 30.4 Å². The van der Waals surface area contributed by atoms with Gasteiger partial charge >= 0.3 is 11.9 Å². The molecule has 1 rings (SSSR count). The fourth-order valence-electron chi connectivity index (χ4n) is 2.97. The van der Waals surface area contributed by atoms with E-state index in [0.29, 0.717) is 12.0 Å². The van der Waals surface area contributed by atoms with Gasteiger partial charge in [0, 0.05) is 12.2 Å². The number of carboxylic acids is 2. The molecule has 0 heterocycles. The summed E-state index contributed by atoms with van der Waals surface area (Å²) in [4.78, 5) is 60.5. The van der Waals surface area contributed by atoms with E-state index >= 15 is 0 Å². The molecule has 8 N–H and O–H groups in total. The van der Waals surface area contributed by atoms with Gasteiger partial charge in [-0.1, -0.05) is 32.4 Å². The Hall–Kier alpha value is -3.32. The first-order valence-electron chi connectivity index (χ1n) is 10.9. The lowest BCUT2D eigenvalue weighted by atomic mass is 9.99. The molecule has 0 aliphatic carbocycles. The maximum Gasteiger partial charge on any atom is 0.326 e. The molecule has 5 unspecified atom stereocenters. The number of carboxylic acid groups (broad SMARTS) is 2. The van der Waals surface area contributed by atoms with Gasteiger partial charge in [0.25, 0.3) is 0 Å². The largest absolute Gasteiger partial charge is 0.508 e. The van der Waals surface area contributed by atoms with Gasteiger partial charge in [-0.3, -0.25) is 19.2 Å². The lowest BCUT2D eigenvalue weighted by molar-refractivity contribution is -0.147. The molecule has 0 aliphatic heterocycles. The molecule has 1 aromatic carbocycles. The van der Waals surface area contributed by atoms with Crippen LogP contribution in [0, 0.1) is 5.92 Å². The smallest absolute Gasteiger partial charge is 0.326 e. The molecule has 13 heteroatoms. The summed E-state index contributed by atoms with van der Waals surface area (Å²) >= 11 is 4.09. The van der Waals surface area contributed by atoms with E-state index < -0.39 is 60.2 Å². The summed E-state index contributed by atoms with van der Waals surface area (Å²) in [5, 5.41) is 34.7. The van der Waals surface area contributed by atoms with Crippen LogP contribution in [0.2, 0.25) is 0 Å². The number of amides is 3. The third-order valence-electron chi connectivity index (χ3n) is 5.38. The molecule has 0 aliphatic rings. The molecule has 194 valence electrons. The molecule has 35 heavy (non-hydrogen) atoms. The summed E-state index contributed by atoms with van der Waals surface area (Å²) in [6, 6.07) is 0.656. The third kappa shape index (κ3) is 9.83. The molecule has 0 aromatic heterocycles. The quantitative estimate of drug-likeness (QED) is 0.147. The van der Waals surface area contributed by atoms with E-state index in [1.165, 1.54) is 24.3 Å². The fourth-order valence-corrected chi connectivity index (χ4v) is 3.23. The van der Waals surface area contributed by atoms with E-state index in [4.69, 9.17) is 10.8 Å². The van der Waals surface area contributed by atoms with E-state index in [2.05, 4.69) is 28.6 Å². The zero-order valence-corrected chi connectivity index (χ0v) is 20.3. The molecule has 1 aromatic rings. The summed E-state index contributed by atoms with van der Waals surface area (Å²) in [7, 11) is 0. The van der Waals surface area contributed by atoms with Crippen LogP contribution in [-0.4, -0.2) is 74.9 Å². The number of benzene rings is 1. The summed E-state index contributed by atoms with van der Waals surface area (Å²) in [6.07, 6.45) is -0.344. The van der Waals surface area contributed by atoms with Gasteiger partial charge in [-0.25, -0.2) is 4.79 Å². The predicted molar refractivity (Wildman–Crippen MR) is 129 cm³/mol. The van der Waals surface area contributed by atoms with E-state index in [1.807, 2.05) is 6.92 Å². The first-order valence-corrected chi connectivity index (χ1v) is 11.5. The maximum atomic E-state index is 12.9. The minimum Gasteiger partial charge on any atom is -0.508 e. The number of hydrogen-bond donors (Lipinski definition) is 8. The predicted octanol–water partition coefficient (Wildman–Crippen LogP) is -0.748. The lowest BCUT2D eigenvalue weighted by Crippen LogP contribution is -2.58. The third-order valence-corrected chi connectivity index (χ3v) is 5.74. The van der Waals surface area contributed by atoms with E-state index in [0.717, 1.165) is 0 Å². The molecular formula is C22H32N4O8S. The maximum absolute atomic E-state index is 12.9. The van der Waals surface area contributed by atoms with Crippen molar-refractivity contribution in [1.29, 1.82) is 0 Å². The Morgan fingerprint density at radius 3 is 1.91 bits per heavy atom. The molecular weight excluding hydrogens is 480 g/mol. The highest BCUT2D eigenvalue weighted by molar-refractivity contribution is 7.80. The fraction of sp³-hybridized carbons (Fsp3) is 0.500. The van der Waals surface area contributed by atoms with Gasteiger partial charge in [-0.2, -0.15) is 12.6 Å². The second-order valence-electron chi connectivity index (χ2n) is 8.08. The number of nitrogens with two attached hydrogens (primary N) is 1. The normalized spacial score (nSPS) is 15.1. The van der Waals surface area contributed by atoms with Gasteiger partial charge in [-0.15, -0.1) is 0 Å². The van der Waals surface area contributed by atoms with Crippen LogP contribution in [0.3, 0.4) is 0 Å². The average molecular weight is 513 g/mol. The van der Waals surface area contributed by atoms with Crippen molar-refractivity contribution in [2.75, 3.05) is 5.75 Å². The van der Waals surface area contributed by atoms with Gasteiger partial charge in [0.2, 0.25) is 17.7 Å². The Bertz CT molecular complexity index is 911. The van der Waals surface area contributed by atoms with Crippen LogP contribution in [0.1, 0.15) is 32.3 Å². The molecule has 0 saturated carbocycles. The van der Waals surface area contributed by atoms with Gasteiger partial charge in [0.05, 0.1) is 12.5 Å². The Balaban J connectivity index is 3.08. The zero-order chi connectivity index (χ0) is 26.7. The Morgan fingerprint density at radius 2 is 1.43 bits per heavy atom. The van der Waals surface area contributed by atoms with Crippen LogP contribution >= 0.6 is 12.6 Å². The van der Waals surface area contributed by atoms with Crippen molar-refractivity contribution in [2.45, 2.75) is 57.3 Å². The van der Waals surface area contributed by atoms with Gasteiger partial charge < -0.3 is 37.0 Å². The Morgan fingerprint density at radius 1 is 0.914 bits per heavy atom. The molecule has 0 bridgehead atoms. The Kier molecular flexibility index (Phi) is 12.0. The lowest BCUT2D eigenvalue weighted by Gasteiger charge is -2.25. The van der Waals surface area contributed by atoms with Crippen molar-refractivity contribution < 1.29 is 39.3 Å². The minimum absolute atomic E-state index is 0.0262. The number of carbonyl (C=O) groups excluding carboxylic acids is 3. The van der Waals surface area contributed by atoms with Crippen LogP contribution in [0.15, 0.2) is 24.3 Å². The molecule has 12 nitrogen and oxygen atoms in total. The van der Waals surface area contributed by atoms with Gasteiger partial charge in [0.15, 0.2) is 0 Å². The second kappa shape index (κ2) is 14.2. The molecule has 0 radical (unpaired) electrons. The number of phenolic OH excluding ortho intramolecular Hbond substituents is 1. The first kappa shape index (κ1) is 29.7. The SMILES string of the molecule is CCC(C)C(N)C(=O)NC(CS)C(=O)NC(Cc1ccc(O)cc1)C(=O)NC(CC(=O)O)C(=O)O. The van der Waals surface area contributed by atoms with Crippen molar-refractivity contribution in [2.24, 2.45) is 11.7 Å². The number of carbonyl (C=O) groups is 5. The molecule has 5 atom stereocenters. The van der Waals surface area contributed by atoms with Crippen LogP contribution in [0.5, 0.6) is 5.75 Å². The van der Waals surface area contributed by atoms with Crippen molar-refractivity contribution in [3.8, 4) is 5.75 Å². The monoisotopic (exact) mass is 512 g/mol. The second-order valence-corrected chi connectivity index (χ2v) is 8.45. The zero-order valence-electron chi connectivity index (χ0n) is 19.4. The standard InChI is InChI=1S/C22H32N4O8S/c1-3-11(2)18(23)21(32)26-16(10-35)20(31)24-14(8-12-4-6-13(27)7-5-12)19(30)25-15(22(33)34)9-17(28)29/h4-7,11,14-16,18,27,35H,3,8-10,23H2,1-2H3,(H,24,31)(H,25,30)(H,26,32)(H,28,29)(H,33,34). The van der Waals surface area contributed by atoms with Crippen molar-refractivity contribution in [1.82, 2.24) is 16.0 Å². The van der Waals surface area contributed by atoms with Gasteiger partial charge in [0.1, 0.15) is 23.9 Å². The number of thiol groups is 1. The van der Waals surface area contributed by atoms with Crippen LogP contribution < -0.4 is 21.7 Å². The van der Waals surface area contributed by atoms with Crippen molar-refractivity contribution in [3.63, 3.8) is 0 Å². The number of aromatic hydroxyl groups is 1. The number of hydrogen-bond acceptors (Lipinski definition) is 8. The average Bonchev–Trinajstić information content (AvgIpc) is 2.81. The van der Waals surface area contributed by atoms with Crippen molar-refractivity contribution >= 4 is 42.3 Å². The van der Waals surface area contributed by atoms with E-state index in [9.17, 15) is 34.2 Å². The van der Waals surface area contributed by atoms with Gasteiger partial charge in [-0.05, 0) is 23.6 Å². The molecule has 0 spiro atoms. The highest BCUT2D eigenvalue weighted by Gasteiger charge is 2.31. The molecule has 0 saturated heterocycles. The summed E-state index contributed by atoms with van der Waals surface area (Å²) < 4.78 is 0. The number of nitrogens with one attached hydrogen (secondary N) is 3. The highest BCUT2D eigenvalue weighted by atomic mass is 32.1. The van der Waals surface area contributed by atoms with E-state index in [1.54, 1.807) is 6.92 Å². The summed E-state index contributed by atoms with van der Waals surface area (Å²) in [6.45, 7) is 3.65. The summed E-state index contributed by atoms with van der Waals surface area (Å²) in [5.74, 6) is -5.57. The minimum atomic E-state index is -1.73. The number of rotatable bonds is 14. The van der Waals surface area contributed by atoms with Crippen LogP contribution in [0.25, 0.3) is 0 Å². The topological polar surface area (TPSA) is 208 Å². The summed E-state index contributed by atoms with van der Waals surface area (Å²) in [5.41, 5.74) is 6.42. The molecule has 3 amide bonds. The first-order chi connectivity index (χ1) is 16.4. The Labute approximate surface area is 208 Å². The highest BCUT2D eigenvalue weighted by Crippen LogP contribution is 2.12. The number of aliphatic carboxylic acids is 2. The van der Waals surface area contributed by atoms with Crippen molar-refractivity contribution in [3.05, 3.63) is 29.8 Å². The molecule has 0 fully saturated rings. The van der Waals surface area contributed by atoms with E-state index in [-0.39, 0.29) is 23.8 Å². The van der Waals surface area contributed by atoms with Crippen LogP contribution in [0.4, 0.5) is 0 Å². The number of phenols is 1.